The first-order valence-electron chi connectivity index (χ1n) is 8.41. The molecule has 0 heterocycles. The molecule has 1 unspecified atom stereocenters. The maximum Gasteiger partial charge on any atom is 0.335 e. The maximum absolute atomic E-state index is 11.9. The van der Waals surface area contributed by atoms with E-state index < -0.39 is 12.1 Å². The molecule has 0 aliphatic rings. The molecule has 1 atom stereocenters. The lowest BCUT2D eigenvalue weighted by Gasteiger charge is -2.14. The van der Waals surface area contributed by atoms with Crippen LogP contribution in [0.3, 0.4) is 0 Å². The molecule has 0 saturated heterocycles. The molecule has 26 heavy (non-hydrogen) atoms. The van der Waals surface area contributed by atoms with Crippen LogP contribution in [0, 0.1) is 6.92 Å². The molecule has 3 N–H and O–H groups in total. The molecule has 138 valence electrons. The fourth-order valence-corrected chi connectivity index (χ4v) is 2.47. The van der Waals surface area contributed by atoms with Crippen molar-refractivity contribution in [3.05, 3.63) is 65.2 Å². The van der Waals surface area contributed by atoms with Crippen LogP contribution in [0.25, 0.3) is 0 Å². The average molecular weight is 357 g/mol. The number of hydrogen-bond donors (Lipinski definition) is 3. The summed E-state index contributed by atoms with van der Waals surface area (Å²) in [5.74, 6) is -0.592. The largest absolute Gasteiger partial charge is 0.491 e. The van der Waals surface area contributed by atoms with Crippen LogP contribution >= 0.6 is 0 Å². The van der Waals surface area contributed by atoms with Gasteiger partial charge in [-0.2, -0.15) is 0 Å². The lowest BCUT2D eigenvalue weighted by Crippen LogP contribution is -2.35. The predicted molar refractivity (Wildman–Crippen MR) is 97.4 cm³/mol. The van der Waals surface area contributed by atoms with Crippen molar-refractivity contribution in [1.29, 1.82) is 0 Å². The molecule has 0 aromatic heterocycles. The quantitative estimate of drug-likeness (QED) is 0.639. The number of aromatic carboxylic acids is 1. The Balaban J connectivity index is 1.72. The van der Waals surface area contributed by atoms with Crippen LogP contribution < -0.4 is 10.1 Å². The van der Waals surface area contributed by atoms with Gasteiger partial charge in [0.1, 0.15) is 18.5 Å². The third kappa shape index (κ3) is 6.22. The standard InChI is InChI=1S/C20H23NO5/c1-14-5-4-7-17(11-14)26-13-16(22)12-21-19(23)10-9-15-6-2-3-8-18(15)20(24)25/h2-8,11,16,22H,9-10,12-13H2,1H3,(H,21,23)(H,24,25). The van der Waals surface area contributed by atoms with Crippen molar-refractivity contribution in [3.8, 4) is 5.75 Å². The third-order valence-corrected chi connectivity index (χ3v) is 3.84. The second kappa shape index (κ2) is 9.58. The molecular formula is C20H23NO5. The van der Waals surface area contributed by atoms with Gasteiger partial charge in [0.2, 0.25) is 5.91 Å². The van der Waals surface area contributed by atoms with Crippen LogP contribution in [0.5, 0.6) is 5.75 Å². The minimum absolute atomic E-state index is 0.0746. The highest BCUT2D eigenvalue weighted by Gasteiger charge is 2.12. The topological polar surface area (TPSA) is 95.9 Å². The second-order valence-electron chi connectivity index (χ2n) is 6.05. The molecule has 2 aromatic rings. The smallest absolute Gasteiger partial charge is 0.335 e. The number of amides is 1. The number of rotatable bonds is 9. The van der Waals surface area contributed by atoms with Crippen LogP contribution in [0.2, 0.25) is 0 Å². The van der Waals surface area contributed by atoms with E-state index in [1.165, 1.54) is 6.07 Å². The fraction of sp³-hybridized carbons (Fsp3) is 0.300. The number of nitrogens with one attached hydrogen (secondary N) is 1. The van der Waals surface area contributed by atoms with Gasteiger partial charge in [-0.15, -0.1) is 0 Å². The molecule has 0 aliphatic heterocycles. The van der Waals surface area contributed by atoms with Crippen molar-refractivity contribution >= 4 is 11.9 Å². The summed E-state index contributed by atoms with van der Waals surface area (Å²) in [6, 6.07) is 14.1. The number of ether oxygens (including phenoxy) is 1. The lowest BCUT2D eigenvalue weighted by atomic mass is 10.0. The van der Waals surface area contributed by atoms with E-state index in [1.807, 2.05) is 25.1 Å². The zero-order valence-electron chi connectivity index (χ0n) is 14.6. The number of benzene rings is 2. The first-order valence-corrected chi connectivity index (χ1v) is 8.41. The average Bonchev–Trinajstić information content (AvgIpc) is 2.63. The summed E-state index contributed by atoms with van der Waals surface area (Å²) < 4.78 is 5.49. The Hall–Kier alpha value is -2.86. The molecular weight excluding hydrogens is 334 g/mol. The molecule has 0 aliphatic carbocycles. The van der Waals surface area contributed by atoms with E-state index in [9.17, 15) is 14.7 Å². The summed E-state index contributed by atoms with van der Waals surface area (Å²) in [5, 5.41) is 21.7. The van der Waals surface area contributed by atoms with Gasteiger partial charge in [0, 0.05) is 13.0 Å². The third-order valence-electron chi connectivity index (χ3n) is 3.84. The van der Waals surface area contributed by atoms with Gasteiger partial charge in [-0.05, 0) is 42.7 Å². The van der Waals surface area contributed by atoms with Crippen LogP contribution in [-0.2, 0) is 11.2 Å². The number of aliphatic hydroxyl groups excluding tert-OH is 1. The molecule has 0 bridgehead atoms. The normalized spacial score (nSPS) is 11.6. The second-order valence-corrected chi connectivity index (χ2v) is 6.05. The van der Waals surface area contributed by atoms with Gasteiger partial charge in [0.25, 0.3) is 0 Å². The van der Waals surface area contributed by atoms with Gasteiger partial charge >= 0.3 is 5.97 Å². The van der Waals surface area contributed by atoms with E-state index in [-0.39, 0.29) is 31.0 Å². The van der Waals surface area contributed by atoms with Gasteiger partial charge in [-0.1, -0.05) is 30.3 Å². The molecule has 2 aromatic carbocycles. The highest BCUT2D eigenvalue weighted by molar-refractivity contribution is 5.89. The van der Waals surface area contributed by atoms with Crippen molar-refractivity contribution in [3.63, 3.8) is 0 Å². The number of carbonyl (C=O) groups is 2. The van der Waals surface area contributed by atoms with E-state index in [0.29, 0.717) is 17.7 Å². The maximum atomic E-state index is 11.9. The molecule has 2 rings (SSSR count). The molecule has 0 fully saturated rings. The van der Waals surface area contributed by atoms with Gasteiger partial charge in [0.15, 0.2) is 0 Å². The number of hydrogen-bond acceptors (Lipinski definition) is 4. The van der Waals surface area contributed by atoms with Gasteiger partial charge < -0.3 is 20.3 Å². The molecule has 0 radical (unpaired) electrons. The highest BCUT2D eigenvalue weighted by Crippen LogP contribution is 2.13. The Morgan fingerprint density at radius 2 is 1.92 bits per heavy atom. The van der Waals surface area contributed by atoms with Gasteiger partial charge in [0.05, 0.1) is 5.56 Å². The van der Waals surface area contributed by atoms with Crippen molar-refractivity contribution in [1.82, 2.24) is 5.32 Å². The van der Waals surface area contributed by atoms with Gasteiger partial charge in [-0.25, -0.2) is 4.79 Å². The Bertz CT molecular complexity index is 759. The Morgan fingerprint density at radius 3 is 2.65 bits per heavy atom. The van der Waals surface area contributed by atoms with E-state index in [0.717, 1.165) is 5.56 Å². The van der Waals surface area contributed by atoms with Crippen molar-refractivity contribution in [2.75, 3.05) is 13.2 Å². The summed E-state index contributed by atoms with van der Waals surface area (Å²) in [4.78, 5) is 23.1. The van der Waals surface area contributed by atoms with E-state index in [1.54, 1.807) is 24.3 Å². The molecule has 6 heteroatoms. The predicted octanol–water partition coefficient (Wildman–Crippen LogP) is 2.18. The van der Waals surface area contributed by atoms with Crippen LogP contribution in [0.15, 0.2) is 48.5 Å². The zero-order valence-corrected chi connectivity index (χ0v) is 14.6. The number of aryl methyl sites for hydroxylation is 2. The summed E-state index contributed by atoms with van der Waals surface area (Å²) in [6.45, 7) is 2.10. The minimum atomic E-state index is -1.01. The van der Waals surface area contributed by atoms with Gasteiger partial charge in [-0.3, -0.25) is 4.79 Å². The molecule has 0 saturated carbocycles. The fourth-order valence-electron chi connectivity index (χ4n) is 2.47. The van der Waals surface area contributed by atoms with E-state index in [2.05, 4.69) is 5.32 Å². The first kappa shape index (κ1) is 19.5. The van der Waals surface area contributed by atoms with E-state index in [4.69, 9.17) is 9.84 Å². The lowest BCUT2D eigenvalue weighted by molar-refractivity contribution is -0.121. The number of carboxylic acid groups (broad SMARTS) is 1. The first-order chi connectivity index (χ1) is 12.5. The van der Waals surface area contributed by atoms with Crippen LogP contribution in [-0.4, -0.2) is 41.3 Å². The molecule has 0 spiro atoms. The van der Waals surface area contributed by atoms with Crippen molar-refractivity contribution < 1.29 is 24.5 Å². The Morgan fingerprint density at radius 1 is 1.15 bits per heavy atom. The SMILES string of the molecule is Cc1cccc(OCC(O)CNC(=O)CCc2ccccc2C(=O)O)c1. The van der Waals surface area contributed by atoms with Crippen LogP contribution in [0.4, 0.5) is 0 Å². The Kier molecular flexibility index (Phi) is 7.17. The monoisotopic (exact) mass is 357 g/mol. The Labute approximate surface area is 152 Å². The zero-order chi connectivity index (χ0) is 18.9. The summed E-state index contributed by atoms with van der Waals surface area (Å²) >= 11 is 0. The minimum Gasteiger partial charge on any atom is -0.491 e. The molecule has 1 amide bonds. The number of aliphatic hydroxyl groups is 1. The van der Waals surface area contributed by atoms with E-state index >= 15 is 0 Å². The summed E-state index contributed by atoms with van der Waals surface area (Å²) in [7, 11) is 0. The van der Waals surface area contributed by atoms with Crippen molar-refractivity contribution in [2.24, 2.45) is 0 Å². The number of carbonyl (C=O) groups excluding carboxylic acids is 1. The van der Waals surface area contributed by atoms with Crippen LogP contribution in [0.1, 0.15) is 27.9 Å². The number of carboxylic acids is 1. The van der Waals surface area contributed by atoms with Crippen molar-refractivity contribution in [2.45, 2.75) is 25.9 Å². The summed E-state index contributed by atoms with van der Waals surface area (Å²) in [6.07, 6.45) is -0.356. The summed E-state index contributed by atoms with van der Waals surface area (Å²) in [5.41, 5.74) is 1.87. The molecule has 6 nitrogen and oxygen atoms in total. The highest BCUT2D eigenvalue weighted by atomic mass is 16.5.